The first kappa shape index (κ1) is 16.0. The number of likely N-dealkylation sites (tertiary alicyclic amines) is 1. The fourth-order valence-electron chi connectivity index (χ4n) is 3.01. The van der Waals surface area contributed by atoms with E-state index in [1.165, 1.54) is 20.6 Å². The van der Waals surface area contributed by atoms with Crippen molar-refractivity contribution in [2.45, 2.75) is 45.2 Å². The van der Waals surface area contributed by atoms with Gasteiger partial charge in [0.25, 0.3) is 5.91 Å². The number of carbonyl (C=O) groups excluding carboxylic acids is 1. The number of nitrogens with zero attached hydrogens (tertiary/aromatic N) is 1. The zero-order valence-corrected chi connectivity index (χ0v) is 13.7. The molecule has 0 saturated carbocycles. The van der Waals surface area contributed by atoms with Crippen LogP contribution in [0.1, 0.15) is 43.5 Å². The van der Waals surface area contributed by atoms with Gasteiger partial charge in [-0.25, -0.2) is 0 Å². The van der Waals surface area contributed by atoms with E-state index in [0.717, 1.165) is 12.8 Å². The molecule has 0 N–H and O–H groups in total. The Labute approximate surface area is 131 Å². The van der Waals surface area contributed by atoms with Gasteiger partial charge in [0.2, 0.25) is 0 Å². The maximum atomic E-state index is 12.8. The minimum absolute atomic E-state index is 0.00227. The molecular formula is C16H22ClNO3. The lowest BCUT2D eigenvalue weighted by Crippen LogP contribution is -2.47. The van der Waals surface area contributed by atoms with Crippen molar-refractivity contribution in [2.75, 3.05) is 14.2 Å². The summed E-state index contributed by atoms with van der Waals surface area (Å²) in [4.78, 5) is 14.8. The number of halogens is 1. The summed E-state index contributed by atoms with van der Waals surface area (Å²) >= 11 is 6.19. The van der Waals surface area contributed by atoms with Crippen molar-refractivity contribution in [1.82, 2.24) is 4.90 Å². The van der Waals surface area contributed by atoms with Crippen molar-refractivity contribution in [1.29, 1.82) is 0 Å². The molecule has 0 aliphatic carbocycles. The van der Waals surface area contributed by atoms with Gasteiger partial charge in [0.15, 0.2) is 11.5 Å². The van der Waals surface area contributed by atoms with Gasteiger partial charge in [0, 0.05) is 17.6 Å². The zero-order valence-electron chi connectivity index (χ0n) is 13.0. The predicted molar refractivity (Wildman–Crippen MR) is 83.5 cm³/mol. The van der Waals surface area contributed by atoms with Crippen LogP contribution in [0, 0.1) is 0 Å². The van der Waals surface area contributed by atoms with Crippen LogP contribution in [-0.2, 0) is 0 Å². The second-order valence-corrected chi connectivity index (χ2v) is 5.94. The van der Waals surface area contributed by atoms with E-state index < -0.39 is 0 Å². The molecule has 116 valence electrons. The normalized spacial score (nSPS) is 22.0. The molecule has 0 spiro atoms. The maximum Gasteiger partial charge on any atom is 0.254 e. The summed E-state index contributed by atoms with van der Waals surface area (Å²) in [5.41, 5.74) is 0.540. The van der Waals surface area contributed by atoms with Crippen LogP contribution in [0.25, 0.3) is 0 Å². The van der Waals surface area contributed by atoms with Gasteiger partial charge in [-0.05, 0) is 45.2 Å². The van der Waals surface area contributed by atoms with E-state index in [-0.39, 0.29) is 18.0 Å². The molecule has 0 aromatic heterocycles. The number of piperidine rings is 1. The summed E-state index contributed by atoms with van der Waals surface area (Å²) in [5, 5.41) is 0.387. The van der Waals surface area contributed by atoms with Gasteiger partial charge in [-0.15, -0.1) is 0 Å². The predicted octanol–water partition coefficient (Wildman–Crippen LogP) is 3.76. The molecule has 4 nitrogen and oxygen atoms in total. The third-order valence-electron chi connectivity index (χ3n) is 4.11. The number of amides is 1. The number of methoxy groups -OCH3 is 2. The van der Waals surface area contributed by atoms with Gasteiger partial charge in [-0.2, -0.15) is 0 Å². The van der Waals surface area contributed by atoms with E-state index >= 15 is 0 Å². The highest BCUT2D eigenvalue weighted by Gasteiger charge is 2.30. The molecule has 1 amide bonds. The molecule has 1 heterocycles. The van der Waals surface area contributed by atoms with Crippen molar-refractivity contribution in [2.24, 2.45) is 0 Å². The number of rotatable bonds is 3. The smallest absolute Gasteiger partial charge is 0.254 e. The van der Waals surface area contributed by atoms with E-state index in [1.807, 2.05) is 4.90 Å². The molecule has 21 heavy (non-hydrogen) atoms. The van der Waals surface area contributed by atoms with Gasteiger partial charge in [0.1, 0.15) is 0 Å². The fourth-order valence-corrected chi connectivity index (χ4v) is 3.30. The Kier molecular flexibility index (Phi) is 4.99. The second kappa shape index (κ2) is 6.56. The highest BCUT2D eigenvalue weighted by molar-refractivity contribution is 6.32. The number of hydrogen-bond acceptors (Lipinski definition) is 3. The lowest BCUT2D eigenvalue weighted by atomic mass is 9.96. The van der Waals surface area contributed by atoms with Gasteiger partial charge in [-0.3, -0.25) is 4.79 Å². The summed E-state index contributed by atoms with van der Waals surface area (Å²) in [7, 11) is 3.06. The van der Waals surface area contributed by atoms with Crippen molar-refractivity contribution in [3.8, 4) is 11.5 Å². The largest absolute Gasteiger partial charge is 0.493 e. The SMILES string of the molecule is COc1cc(C(=O)N2C(C)CCCC2C)cc(Cl)c1OC. The van der Waals surface area contributed by atoms with Gasteiger partial charge in [0.05, 0.1) is 19.2 Å². The van der Waals surface area contributed by atoms with Crippen LogP contribution >= 0.6 is 11.6 Å². The summed E-state index contributed by atoms with van der Waals surface area (Å²) < 4.78 is 10.5. The minimum Gasteiger partial charge on any atom is -0.493 e. The molecule has 1 aromatic rings. The first-order chi connectivity index (χ1) is 9.99. The quantitative estimate of drug-likeness (QED) is 0.853. The van der Waals surface area contributed by atoms with Crippen LogP contribution in [-0.4, -0.2) is 37.1 Å². The first-order valence-electron chi connectivity index (χ1n) is 7.23. The van der Waals surface area contributed by atoms with E-state index in [4.69, 9.17) is 21.1 Å². The van der Waals surface area contributed by atoms with Gasteiger partial charge < -0.3 is 14.4 Å². The number of hydrogen-bond donors (Lipinski definition) is 0. The van der Waals surface area contributed by atoms with Crippen LogP contribution in [0.3, 0.4) is 0 Å². The molecule has 0 radical (unpaired) electrons. The van der Waals surface area contributed by atoms with E-state index in [0.29, 0.717) is 22.1 Å². The monoisotopic (exact) mass is 311 g/mol. The average molecular weight is 312 g/mol. The van der Waals surface area contributed by atoms with Crippen LogP contribution in [0.5, 0.6) is 11.5 Å². The molecular weight excluding hydrogens is 290 g/mol. The van der Waals surface area contributed by atoms with Crippen LogP contribution in [0.15, 0.2) is 12.1 Å². The topological polar surface area (TPSA) is 38.8 Å². The van der Waals surface area contributed by atoms with Crippen molar-refractivity contribution >= 4 is 17.5 Å². The van der Waals surface area contributed by atoms with Crippen LogP contribution < -0.4 is 9.47 Å². The number of carbonyl (C=O) groups is 1. The highest BCUT2D eigenvalue weighted by atomic mass is 35.5. The molecule has 2 atom stereocenters. The summed E-state index contributed by atoms with van der Waals surface area (Å²) in [5.74, 6) is 0.929. The summed E-state index contributed by atoms with van der Waals surface area (Å²) in [6.45, 7) is 4.19. The van der Waals surface area contributed by atoms with Gasteiger partial charge >= 0.3 is 0 Å². The number of benzene rings is 1. The third kappa shape index (κ3) is 3.10. The Hall–Kier alpha value is -1.42. The fraction of sp³-hybridized carbons (Fsp3) is 0.562. The Morgan fingerprint density at radius 3 is 2.33 bits per heavy atom. The van der Waals surface area contributed by atoms with Crippen molar-refractivity contribution in [3.63, 3.8) is 0 Å². The van der Waals surface area contributed by atoms with E-state index in [2.05, 4.69) is 13.8 Å². The van der Waals surface area contributed by atoms with Crippen LogP contribution in [0.4, 0.5) is 0 Å². The van der Waals surface area contributed by atoms with Crippen LogP contribution in [0.2, 0.25) is 5.02 Å². The Morgan fingerprint density at radius 2 is 1.81 bits per heavy atom. The van der Waals surface area contributed by atoms with E-state index in [9.17, 15) is 4.79 Å². The molecule has 1 saturated heterocycles. The molecule has 1 fully saturated rings. The Bertz CT molecular complexity index is 522. The minimum atomic E-state index is -0.00227. The van der Waals surface area contributed by atoms with Crippen molar-refractivity contribution < 1.29 is 14.3 Å². The molecule has 1 aliphatic heterocycles. The second-order valence-electron chi connectivity index (χ2n) is 5.53. The molecule has 0 bridgehead atoms. The molecule has 1 aromatic carbocycles. The summed E-state index contributed by atoms with van der Waals surface area (Å²) in [6.07, 6.45) is 3.24. The van der Waals surface area contributed by atoms with E-state index in [1.54, 1.807) is 12.1 Å². The average Bonchev–Trinajstić information content (AvgIpc) is 2.45. The summed E-state index contributed by atoms with van der Waals surface area (Å²) in [6, 6.07) is 3.83. The maximum absolute atomic E-state index is 12.8. The highest BCUT2D eigenvalue weighted by Crippen LogP contribution is 2.37. The lowest BCUT2D eigenvalue weighted by molar-refractivity contribution is 0.0510. The third-order valence-corrected chi connectivity index (χ3v) is 4.39. The van der Waals surface area contributed by atoms with Crippen molar-refractivity contribution in [3.05, 3.63) is 22.7 Å². The number of ether oxygens (including phenoxy) is 2. The van der Waals surface area contributed by atoms with Gasteiger partial charge in [-0.1, -0.05) is 11.6 Å². The Balaban J connectivity index is 2.37. The zero-order chi connectivity index (χ0) is 15.6. The molecule has 5 heteroatoms. The molecule has 1 aliphatic rings. The lowest BCUT2D eigenvalue weighted by Gasteiger charge is -2.39. The molecule has 2 rings (SSSR count). The first-order valence-corrected chi connectivity index (χ1v) is 7.61. The standard InChI is InChI=1S/C16H22ClNO3/c1-10-6-5-7-11(2)18(10)16(19)12-8-13(17)15(21-4)14(9-12)20-3/h8-11H,5-7H2,1-4H3. The molecule has 2 unspecified atom stereocenters. The Morgan fingerprint density at radius 1 is 1.19 bits per heavy atom.